The average molecular weight is 379 g/mol. The zero-order chi connectivity index (χ0) is 17.8. The molecule has 2 heterocycles. The summed E-state index contributed by atoms with van der Waals surface area (Å²) in [6.45, 7) is 2.16. The van der Waals surface area contributed by atoms with Gasteiger partial charge in [-0.25, -0.2) is 4.98 Å². The molecule has 1 fully saturated rings. The van der Waals surface area contributed by atoms with Gasteiger partial charge in [-0.2, -0.15) is 0 Å². The zero-order valence-corrected chi connectivity index (χ0v) is 14.8. The van der Waals surface area contributed by atoms with Crippen LogP contribution in [0.3, 0.4) is 0 Å². The molecule has 130 valence electrons. The number of amides is 2. The number of rotatable bonds is 2. The maximum Gasteiger partial charge on any atom is 0.313 e. The van der Waals surface area contributed by atoms with Crippen LogP contribution in [0, 0.1) is 0 Å². The summed E-state index contributed by atoms with van der Waals surface area (Å²) in [4.78, 5) is 32.4. The van der Waals surface area contributed by atoms with Crippen LogP contribution in [0.2, 0.25) is 10.0 Å². The fourth-order valence-electron chi connectivity index (χ4n) is 2.63. The van der Waals surface area contributed by atoms with Gasteiger partial charge in [-0.15, -0.1) is 0 Å². The standard InChI is InChI=1S/C17H16Cl2N4O2/c18-12-9-13(19)11-14(10-12)21-16(24)17(25)23-7-5-22(6-8-23)15-3-1-2-4-20-15/h1-4,9-11H,5-8H2,(H,21,24). The van der Waals surface area contributed by atoms with E-state index in [1.807, 2.05) is 18.2 Å². The summed E-state index contributed by atoms with van der Waals surface area (Å²) in [5, 5.41) is 3.31. The molecular weight excluding hydrogens is 363 g/mol. The molecule has 3 rings (SSSR count). The number of piperazine rings is 1. The number of nitrogens with one attached hydrogen (secondary N) is 1. The quantitative estimate of drug-likeness (QED) is 0.815. The number of aromatic nitrogens is 1. The van der Waals surface area contributed by atoms with Gasteiger partial charge in [-0.1, -0.05) is 29.3 Å². The van der Waals surface area contributed by atoms with Gasteiger partial charge in [-0.3, -0.25) is 9.59 Å². The fraction of sp³-hybridized carbons (Fsp3) is 0.235. The molecule has 8 heteroatoms. The molecular formula is C17H16Cl2N4O2. The van der Waals surface area contributed by atoms with Crippen molar-refractivity contribution in [3.8, 4) is 0 Å². The number of benzene rings is 1. The van der Waals surface area contributed by atoms with Crippen molar-refractivity contribution in [2.24, 2.45) is 0 Å². The molecule has 1 saturated heterocycles. The number of carbonyl (C=O) groups excluding carboxylic acids is 2. The van der Waals surface area contributed by atoms with Crippen LogP contribution in [0.5, 0.6) is 0 Å². The van der Waals surface area contributed by atoms with Gasteiger partial charge in [0.25, 0.3) is 0 Å². The maximum absolute atomic E-state index is 12.3. The molecule has 1 aliphatic heterocycles. The highest BCUT2D eigenvalue weighted by molar-refractivity contribution is 6.40. The predicted octanol–water partition coefficient (Wildman–Crippen LogP) is 2.68. The van der Waals surface area contributed by atoms with Crippen LogP contribution < -0.4 is 10.2 Å². The van der Waals surface area contributed by atoms with E-state index in [9.17, 15) is 9.59 Å². The Balaban J connectivity index is 1.57. The van der Waals surface area contributed by atoms with Crippen LogP contribution in [-0.4, -0.2) is 47.9 Å². The van der Waals surface area contributed by atoms with Crippen LogP contribution in [0.1, 0.15) is 0 Å². The minimum Gasteiger partial charge on any atom is -0.353 e. The van der Waals surface area contributed by atoms with Crippen molar-refractivity contribution in [3.05, 3.63) is 52.6 Å². The van der Waals surface area contributed by atoms with E-state index in [4.69, 9.17) is 23.2 Å². The molecule has 1 aliphatic rings. The van der Waals surface area contributed by atoms with Gasteiger partial charge < -0.3 is 15.1 Å². The maximum atomic E-state index is 12.3. The molecule has 1 aromatic heterocycles. The first-order valence-corrected chi connectivity index (χ1v) is 8.51. The molecule has 1 N–H and O–H groups in total. The summed E-state index contributed by atoms with van der Waals surface area (Å²) in [6.07, 6.45) is 1.73. The lowest BCUT2D eigenvalue weighted by molar-refractivity contribution is -0.143. The smallest absolute Gasteiger partial charge is 0.313 e. The summed E-state index contributed by atoms with van der Waals surface area (Å²) in [5.74, 6) is -0.408. The Kier molecular flexibility index (Phi) is 5.40. The van der Waals surface area contributed by atoms with Crippen LogP contribution >= 0.6 is 23.2 Å². The van der Waals surface area contributed by atoms with Gasteiger partial charge in [0.05, 0.1) is 0 Å². The number of pyridine rings is 1. The Hall–Kier alpha value is -2.31. The molecule has 2 amide bonds. The van der Waals surface area contributed by atoms with E-state index in [2.05, 4.69) is 15.2 Å². The number of halogens is 2. The lowest BCUT2D eigenvalue weighted by Crippen LogP contribution is -2.51. The van der Waals surface area contributed by atoms with Crippen molar-refractivity contribution in [1.29, 1.82) is 0 Å². The van der Waals surface area contributed by atoms with E-state index in [1.54, 1.807) is 12.3 Å². The first kappa shape index (κ1) is 17.5. The highest BCUT2D eigenvalue weighted by Crippen LogP contribution is 2.22. The molecule has 0 saturated carbocycles. The Morgan fingerprint density at radius 2 is 1.68 bits per heavy atom. The second-order valence-electron chi connectivity index (χ2n) is 5.58. The second-order valence-corrected chi connectivity index (χ2v) is 6.45. The predicted molar refractivity (Wildman–Crippen MR) is 98.1 cm³/mol. The third-order valence-electron chi connectivity index (χ3n) is 3.85. The van der Waals surface area contributed by atoms with Crippen molar-refractivity contribution in [2.75, 3.05) is 36.4 Å². The molecule has 0 aliphatic carbocycles. The Bertz CT molecular complexity index is 757. The minimum atomic E-state index is -0.704. The Labute approximate surface area is 155 Å². The minimum absolute atomic E-state index is 0.388. The largest absolute Gasteiger partial charge is 0.353 e. The molecule has 6 nitrogen and oxygen atoms in total. The van der Waals surface area contributed by atoms with E-state index in [0.717, 1.165) is 5.82 Å². The van der Waals surface area contributed by atoms with E-state index >= 15 is 0 Å². The summed E-state index contributed by atoms with van der Waals surface area (Å²) in [6, 6.07) is 10.3. The van der Waals surface area contributed by atoms with Crippen LogP contribution in [-0.2, 0) is 9.59 Å². The van der Waals surface area contributed by atoms with E-state index < -0.39 is 11.8 Å². The normalized spacial score (nSPS) is 14.3. The van der Waals surface area contributed by atoms with Crippen molar-refractivity contribution in [3.63, 3.8) is 0 Å². The number of hydrogen-bond donors (Lipinski definition) is 1. The van der Waals surface area contributed by atoms with Gasteiger partial charge in [-0.05, 0) is 30.3 Å². The number of carbonyl (C=O) groups is 2. The van der Waals surface area contributed by atoms with Gasteiger partial charge >= 0.3 is 11.8 Å². The number of nitrogens with zero attached hydrogens (tertiary/aromatic N) is 3. The first-order chi connectivity index (χ1) is 12.0. The Morgan fingerprint density at radius 1 is 1.00 bits per heavy atom. The lowest BCUT2D eigenvalue weighted by Gasteiger charge is -2.34. The summed E-state index contributed by atoms with van der Waals surface area (Å²) in [5.41, 5.74) is 0.392. The van der Waals surface area contributed by atoms with E-state index in [0.29, 0.717) is 41.9 Å². The second kappa shape index (κ2) is 7.72. The molecule has 0 spiro atoms. The number of anilines is 2. The topological polar surface area (TPSA) is 65.5 Å². The van der Waals surface area contributed by atoms with E-state index in [-0.39, 0.29) is 0 Å². The lowest BCUT2D eigenvalue weighted by atomic mass is 10.2. The zero-order valence-electron chi connectivity index (χ0n) is 13.3. The monoisotopic (exact) mass is 378 g/mol. The van der Waals surface area contributed by atoms with Crippen molar-refractivity contribution in [2.45, 2.75) is 0 Å². The van der Waals surface area contributed by atoms with Crippen LogP contribution in [0.4, 0.5) is 11.5 Å². The molecule has 0 bridgehead atoms. The van der Waals surface area contributed by atoms with Crippen molar-refractivity contribution >= 4 is 46.5 Å². The van der Waals surface area contributed by atoms with Crippen LogP contribution in [0.15, 0.2) is 42.6 Å². The average Bonchev–Trinajstić information content (AvgIpc) is 2.61. The van der Waals surface area contributed by atoms with Gasteiger partial charge in [0, 0.05) is 48.1 Å². The van der Waals surface area contributed by atoms with Gasteiger partial charge in [0.15, 0.2) is 0 Å². The SMILES string of the molecule is O=C(Nc1cc(Cl)cc(Cl)c1)C(=O)N1CCN(c2ccccn2)CC1. The first-order valence-electron chi connectivity index (χ1n) is 7.75. The van der Waals surface area contributed by atoms with Gasteiger partial charge in [0.1, 0.15) is 5.82 Å². The van der Waals surface area contributed by atoms with Crippen LogP contribution in [0.25, 0.3) is 0 Å². The highest BCUT2D eigenvalue weighted by atomic mass is 35.5. The molecule has 0 radical (unpaired) electrons. The summed E-state index contributed by atoms with van der Waals surface area (Å²) in [7, 11) is 0. The molecule has 2 aromatic rings. The van der Waals surface area contributed by atoms with Crippen molar-refractivity contribution < 1.29 is 9.59 Å². The third kappa shape index (κ3) is 4.41. The molecule has 0 unspecified atom stereocenters. The summed E-state index contributed by atoms with van der Waals surface area (Å²) < 4.78 is 0. The molecule has 1 aromatic carbocycles. The summed E-state index contributed by atoms with van der Waals surface area (Å²) >= 11 is 11.8. The van der Waals surface area contributed by atoms with Crippen molar-refractivity contribution in [1.82, 2.24) is 9.88 Å². The fourth-order valence-corrected chi connectivity index (χ4v) is 3.16. The molecule has 0 atom stereocenters. The van der Waals surface area contributed by atoms with Gasteiger partial charge in [0.2, 0.25) is 0 Å². The number of hydrogen-bond acceptors (Lipinski definition) is 4. The van der Waals surface area contributed by atoms with E-state index in [1.165, 1.54) is 17.0 Å². The Morgan fingerprint density at radius 3 is 2.28 bits per heavy atom. The third-order valence-corrected chi connectivity index (χ3v) is 4.29. The highest BCUT2D eigenvalue weighted by Gasteiger charge is 2.26. The molecule has 25 heavy (non-hydrogen) atoms.